The fourth-order valence-electron chi connectivity index (χ4n) is 2.12. The minimum absolute atomic E-state index is 0.103. The molecular weight excluding hydrogens is 330 g/mol. The van der Waals surface area contributed by atoms with Gasteiger partial charge < -0.3 is 5.11 Å². The molecule has 6 heteroatoms. The van der Waals surface area contributed by atoms with Crippen molar-refractivity contribution in [1.29, 1.82) is 0 Å². The molecule has 0 aliphatic heterocycles. The Hall–Kier alpha value is -0.430. The first-order valence-corrected chi connectivity index (χ1v) is 8.69. The van der Waals surface area contributed by atoms with Gasteiger partial charge in [-0.15, -0.1) is 0 Å². The highest BCUT2D eigenvalue weighted by molar-refractivity contribution is 9.10. The highest BCUT2D eigenvalue weighted by Gasteiger charge is 2.20. The van der Waals surface area contributed by atoms with Gasteiger partial charge in [-0.25, -0.2) is 13.1 Å². The molecule has 0 saturated heterocycles. The van der Waals surface area contributed by atoms with Crippen molar-refractivity contribution in [2.45, 2.75) is 37.2 Å². The highest BCUT2D eigenvalue weighted by Crippen LogP contribution is 2.29. The number of benzene rings is 1. The molecule has 1 aliphatic rings. The van der Waals surface area contributed by atoms with Crippen LogP contribution in [0.15, 0.2) is 27.6 Å². The summed E-state index contributed by atoms with van der Waals surface area (Å²) in [5.74, 6) is 0.683. The molecule has 2 N–H and O–H groups in total. The summed E-state index contributed by atoms with van der Waals surface area (Å²) >= 11 is 3.24. The fraction of sp³-hybridized carbons (Fsp3) is 0.538. The van der Waals surface area contributed by atoms with Gasteiger partial charge in [0, 0.05) is 11.0 Å². The first-order valence-electron chi connectivity index (χ1n) is 6.42. The number of hydrogen-bond donors (Lipinski definition) is 2. The van der Waals surface area contributed by atoms with Crippen LogP contribution < -0.4 is 4.72 Å². The molecule has 0 amide bonds. The van der Waals surface area contributed by atoms with Crippen molar-refractivity contribution in [2.75, 3.05) is 6.54 Å². The third-order valence-electron chi connectivity index (χ3n) is 3.54. The van der Waals surface area contributed by atoms with Crippen molar-refractivity contribution in [3.63, 3.8) is 0 Å². The van der Waals surface area contributed by atoms with Crippen molar-refractivity contribution in [3.05, 3.63) is 28.2 Å². The van der Waals surface area contributed by atoms with Gasteiger partial charge >= 0.3 is 0 Å². The summed E-state index contributed by atoms with van der Waals surface area (Å²) in [6.45, 7) is 0.384. The van der Waals surface area contributed by atoms with Crippen molar-refractivity contribution in [1.82, 2.24) is 4.72 Å². The highest BCUT2D eigenvalue weighted by atomic mass is 79.9. The molecule has 1 aromatic carbocycles. The van der Waals surface area contributed by atoms with E-state index in [0.29, 0.717) is 22.5 Å². The van der Waals surface area contributed by atoms with Crippen molar-refractivity contribution in [2.24, 2.45) is 5.92 Å². The summed E-state index contributed by atoms with van der Waals surface area (Å²) in [6, 6.07) is 4.76. The Morgan fingerprint density at radius 2 is 2.11 bits per heavy atom. The van der Waals surface area contributed by atoms with Crippen LogP contribution >= 0.6 is 15.9 Å². The Bertz CT molecular complexity index is 541. The number of aliphatic hydroxyl groups excluding tert-OH is 1. The number of aliphatic hydroxyl groups is 1. The normalized spacial score (nSPS) is 16.3. The number of hydrogen-bond acceptors (Lipinski definition) is 3. The van der Waals surface area contributed by atoms with Gasteiger partial charge in [0.05, 0.1) is 11.5 Å². The number of nitrogens with one attached hydrogen (secondary N) is 1. The lowest BCUT2D eigenvalue weighted by Crippen LogP contribution is -2.27. The second kappa shape index (κ2) is 6.35. The molecule has 0 atom stereocenters. The zero-order chi connectivity index (χ0) is 13.9. The molecule has 1 aromatic rings. The Morgan fingerprint density at radius 3 is 2.63 bits per heavy atom. The van der Waals surface area contributed by atoms with Crippen LogP contribution in [0.2, 0.25) is 0 Å². The topological polar surface area (TPSA) is 66.4 Å². The molecule has 1 saturated carbocycles. The molecule has 19 heavy (non-hydrogen) atoms. The molecule has 4 nitrogen and oxygen atoms in total. The van der Waals surface area contributed by atoms with Gasteiger partial charge in [0.15, 0.2) is 0 Å². The van der Waals surface area contributed by atoms with Crippen LogP contribution in [0.1, 0.15) is 31.2 Å². The summed E-state index contributed by atoms with van der Waals surface area (Å²) in [4.78, 5) is 0.221. The van der Waals surface area contributed by atoms with Gasteiger partial charge in [-0.3, -0.25) is 0 Å². The first-order chi connectivity index (χ1) is 9.03. The minimum atomic E-state index is -3.47. The number of halogens is 1. The zero-order valence-corrected chi connectivity index (χ0v) is 13.0. The van der Waals surface area contributed by atoms with Gasteiger partial charge in [-0.05, 0) is 46.0 Å². The molecule has 1 aliphatic carbocycles. The van der Waals surface area contributed by atoms with E-state index < -0.39 is 10.0 Å². The molecule has 106 valence electrons. The van der Waals surface area contributed by atoms with Crippen molar-refractivity contribution >= 4 is 26.0 Å². The van der Waals surface area contributed by atoms with E-state index in [-0.39, 0.29) is 11.5 Å². The van der Waals surface area contributed by atoms with E-state index in [1.54, 1.807) is 12.1 Å². The van der Waals surface area contributed by atoms with Crippen LogP contribution in [0, 0.1) is 5.92 Å². The molecule has 0 spiro atoms. The average Bonchev–Trinajstić information content (AvgIpc) is 2.31. The summed E-state index contributed by atoms with van der Waals surface area (Å²) in [5.41, 5.74) is 0.681. The largest absolute Gasteiger partial charge is 0.392 e. The Labute approximate surface area is 122 Å². The monoisotopic (exact) mass is 347 g/mol. The van der Waals surface area contributed by atoms with E-state index in [1.165, 1.54) is 25.3 Å². The van der Waals surface area contributed by atoms with Crippen LogP contribution in [-0.4, -0.2) is 20.1 Å². The van der Waals surface area contributed by atoms with Gasteiger partial charge in [0.1, 0.15) is 0 Å². The van der Waals surface area contributed by atoms with E-state index in [0.717, 1.165) is 6.42 Å². The summed E-state index contributed by atoms with van der Waals surface area (Å²) in [7, 11) is -3.47. The number of sulfonamides is 1. The molecule has 0 unspecified atom stereocenters. The van der Waals surface area contributed by atoms with Crippen LogP contribution in [0.25, 0.3) is 0 Å². The summed E-state index contributed by atoms with van der Waals surface area (Å²) in [6.07, 6.45) is 4.62. The van der Waals surface area contributed by atoms with Crippen LogP contribution in [0.4, 0.5) is 0 Å². The van der Waals surface area contributed by atoms with Crippen molar-refractivity contribution in [3.8, 4) is 0 Å². The van der Waals surface area contributed by atoms with Gasteiger partial charge in [-0.1, -0.05) is 25.3 Å². The molecule has 0 radical (unpaired) electrons. The Morgan fingerprint density at radius 1 is 1.37 bits per heavy atom. The fourth-order valence-corrected chi connectivity index (χ4v) is 4.29. The second-order valence-corrected chi connectivity index (χ2v) is 7.50. The molecule has 0 bridgehead atoms. The zero-order valence-electron chi connectivity index (χ0n) is 10.6. The summed E-state index contributed by atoms with van der Waals surface area (Å²) in [5, 5.41) is 9.01. The van der Waals surface area contributed by atoms with E-state index in [1.807, 2.05) is 0 Å². The maximum absolute atomic E-state index is 12.1. The third kappa shape index (κ3) is 3.78. The summed E-state index contributed by atoms with van der Waals surface area (Å²) < 4.78 is 27.4. The predicted molar refractivity (Wildman–Crippen MR) is 77.2 cm³/mol. The standard InChI is InChI=1S/C13H18BrNO3S/c14-12-8-11(9-16)4-5-13(12)19(17,18)15-7-6-10-2-1-3-10/h4-5,8,10,15-16H,1-3,6-7,9H2. The van der Waals surface area contributed by atoms with E-state index >= 15 is 0 Å². The Kier molecular flexibility index (Phi) is 5.00. The molecule has 1 fully saturated rings. The van der Waals surface area contributed by atoms with E-state index in [4.69, 9.17) is 5.11 Å². The maximum Gasteiger partial charge on any atom is 0.241 e. The SMILES string of the molecule is O=S(=O)(NCCC1CCC1)c1ccc(CO)cc1Br. The van der Waals surface area contributed by atoms with Crippen molar-refractivity contribution < 1.29 is 13.5 Å². The van der Waals surface area contributed by atoms with E-state index in [2.05, 4.69) is 20.7 Å². The second-order valence-electron chi connectivity index (χ2n) is 4.91. The Balaban J connectivity index is 2.01. The lowest BCUT2D eigenvalue weighted by atomic mass is 9.83. The average molecular weight is 348 g/mol. The molecule has 0 heterocycles. The molecule has 2 rings (SSSR count). The van der Waals surface area contributed by atoms with Gasteiger partial charge in [-0.2, -0.15) is 0 Å². The van der Waals surface area contributed by atoms with Gasteiger partial charge in [0.2, 0.25) is 10.0 Å². The van der Waals surface area contributed by atoms with Crippen LogP contribution in [-0.2, 0) is 16.6 Å². The minimum Gasteiger partial charge on any atom is -0.392 e. The van der Waals surface area contributed by atoms with Crippen LogP contribution in [0.5, 0.6) is 0 Å². The quantitative estimate of drug-likeness (QED) is 0.830. The van der Waals surface area contributed by atoms with Gasteiger partial charge in [0.25, 0.3) is 0 Å². The third-order valence-corrected chi connectivity index (χ3v) is 5.98. The smallest absolute Gasteiger partial charge is 0.241 e. The van der Waals surface area contributed by atoms with E-state index in [9.17, 15) is 8.42 Å². The molecule has 0 aromatic heterocycles. The lowest BCUT2D eigenvalue weighted by molar-refractivity contribution is 0.281. The molecular formula is C13H18BrNO3S. The predicted octanol–water partition coefficient (Wildman–Crippen LogP) is 2.41. The van der Waals surface area contributed by atoms with Crippen LogP contribution in [0.3, 0.4) is 0 Å². The maximum atomic E-state index is 12.1. The lowest BCUT2D eigenvalue weighted by Gasteiger charge is -2.25. The number of rotatable bonds is 6. The first kappa shape index (κ1) is 15.0.